The van der Waals surface area contributed by atoms with Crippen LogP contribution in [-0.2, 0) is 9.53 Å². The Hall–Kier alpha value is -1.30. The third-order valence-corrected chi connectivity index (χ3v) is 3.74. The van der Waals surface area contributed by atoms with Crippen molar-refractivity contribution in [3.05, 3.63) is 0 Å². The van der Waals surface area contributed by atoms with Crippen LogP contribution in [0.25, 0.3) is 0 Å². The third-order valence-electron chi connectivity index (χ3n) is 3.74. The van der Waals surface area contributed by atoms with Gasteiger partial charge in [-0.15, -0.1) is 0 Å². The maximum Gasteiger partial charge on any atom is 0.317 e. The molecule has 2 aliphatic rings. The minimum Gasteiger partial charge on any atom is -0.481 e. The molecule has 102 valence electrons. The summed E-state index contributed by atoms with van der Waals surface area (Å²) in [6, 6.07) is -0.119. The van der Waals surface area contributed by atoms with Gasteiger partial charge in [-0.3, -0.25) is 4.79 Å². The Morgan fingerprint density at radius 2 is 2.17 bits per heavy atom. The van der Waals surface area contributed by atoms with Gasteiger partial charge in [0.15, 0.2) is 0 Å². The molecule has 18 heavy (non-hydrogen) atoms. The number of nitrogens with zero attached hydrogens (tertiary/aromatic N) is 1. The van der Waals surface area contributed by atoms with Crippen LogP contribution in [0.3, 0.4) is 0 Å². The molecule has 2 saturated heterocycles. The van der Waals surface area contributed by atoms with Gasteiger partial charge in [0.25, 0.3) is 0 Å². The molecule has 3 atom stereocenters. The number of carboxylic acid groups (broad SMARTS) is 1. The van der Waals surface area contributed by atoms with E-state index in [-0.39, 0.29) is 18.2 Å². The number of carboxylic acids is 1. The SMILES string of the molecule is C[C@H]1OCC[C@H]1NC(=O)N1CCCC(C(=O)O)C1. The molecule has 2 N–H and O–H groups in total. The Balaban J connectivity index is 1.86. The van der Waals surface area contributed by atoms with E-state index in [0.717, 1.165) is 12.8 Å². The summed E-state index contributed by atoms with van der Waals surface area (Å²) < 4.78 is 5.39. The summed E-state index contributed by atoms with van der Waals surface area (Å²) in [4.78, 5) is 24.6. The van der Waals surface area contributed by atoms with Crippen molar-refractivity contribution in [2.45, 2.75) is 38.3 Å². The molecule has 0 radical (unpaired) electrons. The van der Waals surface area contributed by atoms with Crippen molar-refractivity contribution in [2.75, 3.05) is 19.7 Å². The van der Waals surface area contributed by atoms with E-state index in [9.17, 15) is 9.59 Å². The van der Waals surface area contributed by atoms with Crippen molar-refractivity contribution in [3.63, 3.8) is 0 Å². The summed E-state index contributed by atoms with van der Waals surface area (Å²) in [6.45, 7) is 3.55. The van der Waals surface area contributed by atoms with E-state index in [1.807, 2.05) is 6.92 Å². The van der Waals surface area contributed by atoms with Crippen molar-refractivity contribution in [3.8, 4) is 0 Å². The van der Waals surface area contributed by atoms with Gasteiger partial charge in [-0.25, -0.2) is 4.79 Å². The van der Waals surface area contributed by atoms with Gasteiger partial charge in [0.2, 0.25) is 0 Å². The van der Waals surface area contributed by atoms with Crippen molar-refractivity contribution < 1.29 is 19.4 Å². The highest BCUT2D eigenvalue weighted by atomic mass is 16.5. The van der Waals surface area contributed by atoms with Crippen LogP contribution in [-0.4, -0.2) is 53.8 Å². The molecule has 0 aliphatic carbocycles. The Morgan fingerprint density at radius 3 is 2.78 bits per heavy atom. The minimum absolute atomic E-state index is 0.0361. The van der Waals surface area contributed by atoms with E-state index < -0.39 is 11.9 Å². The average Bonchev–Trinajstić information content (AvgIpc) is 2.75. The first-order valence-corrected chi connectivity index (χ1v) is 6.48. The minimum atomic E-state index is -0.815. The smallest absolute Gasteiger partial charge is 0.317 e. The number of carbonyl (C=O) groups is 2. The summed E-state index contributed by atoms with van der Waals surface area (Å²) in [5, 5.41) is 11.9. The number of carbonyl (C=O) groups excluding carboxylic acids is 1. The van der Waals surface area contributed by atoms with Gasteiger partial charge in [-0.05, 0) is 26.2 Å². The van der Waals surface area contributed by atoms with Crippen LogP contribution in [0.2, 0.25) is 0 Å². The van der Waals surface area contributed by atoms with Crippen LogP contribution >= 0.6 is 0 Å². The van der Waals surface area contributed by atoms with Crippen LogP contribution in [0.1, 0.15) is 26.2 Å². The number of nitrogens with one attached hydrogen (secondary N) is 1. The number of ether oxygens (including phenoxy) is 1. The van der Waals surface area contributed by atoms with Crippen LogP contribution < -0.4 is 5.32 Å². The summed E-state index contributed by atoms with van der Waals surface area (Å²) in [5.41, 5.74) is 0. The van der Waals surface area contributed by atoms with Crippen LogP contribution in [0.15, 0.2) is 0 Å². The lowest BCUT2D eigenvalue weighted by molar-refractivity contribution is -0.143. The van der Waals surface area contributed by atoms with Crippen LogP contribution in [0.4, 0.5) is 4.79 Å². The van der Waals surface area contributed by atoms with Crippen molar-refractivity contribution >= 4 is 12.0 Å². The fraction of sp³-hybridized carbons (Fsp3) is 0.833. The Labute approximate surface area is 106 Å². The second kappa shape index (κ2) is 5.56. The molecular weight excluding hydrogens is 236 g/mol. The molecular formula is C12H20N2O4. The summed E-state index contributed by atoms with van der Waals surface area (Å²) in [7, 11) is 0. The molecule has 2 fully saturated rings. The van der Waals surface area contributed by atoms with Gasteiger partial charge in [0.05, 0.1) is 18.1 Å². The molecule has 6 heteroatoms. The normalized spacial score (nSPS) is 32.3. The van der Waals surface area contributed by atoms with Gasteiger partial charge in [-0.2, -0.15) is 0 Å². The second-order valence-electron chi connectivity index (χ2n) is 5.04. The summed E-state index contributed by atoms with van der Waals surface area (Å²) in [6.07, 6.45) is 2.26. The van der Waals surface area contributed by atoms with Gasteiger partial charge in [0, 0.05) is 19.7 Å². The highest BCUT2D eigenvalue weighted by molar-refractivity contribution is 5.76. The fourth-order valence-corrected chi connectivity index (χ4v) is 2.53. The lowest BCUT2D eigenvalue weighted by Crippen LogP contribution is -2.51. The van der Waals surface area contributed by atoms with Crippen molar-refractivity contribution in [1.29, 1.82) is 0 Å². The summed E-state index contributed by atoms with van der Waals surface area (Å²) >= 11 is 0. The van der Waals surface area contributed by atoms with Crippen LogP contribution in [0, 0.1) is 5.92 Å². The average molecular weight is 256 g/mol. The maximum absolute atomic E-state index is 12.0. The third kappa shape index (κ3) is 2.93. The molecule has 0 aromatic carbocycles. The number of piperidine rings is 1. The lowest BCUT2D eigenvalue weighted by atomic mass is 9.98. The molecule has 0 aromatic rings. The summed E-state index contributed by atoms with van der Waals surface area (Å²) in [5.74, 6) is -1.24. The first-order valence-electron chi connectivity index (χ1n) is 6.48. The van der Waals surface area contributed by atoms with Gasteiger partial charge >= 0.3 is 12.0 Å². The predicted molar refractivity (Wildman–Crippen MR) is 64.3 cm³/mol. The Morgan fingerprint density at radius 1 is 1.39 bits per heavy atom. The van der Waals surface area contributed by atoms with Crippen molar-refractivity contribution in [2.24, 2.45) is 5.92 Å². The maximum atomic E-state index is 12.0. The zero-order valence-corrected chi connectivity index (χ0v) is 10.6. The molecule has 0 bridgehead atoms. The first-order chi connectivity index (χ1) is 8.58. The topological polar surface area (TPSA) is 78.9 Å². The molecule has 1 unspecified atom stereocenters. The molecule has 0 aromatic heterocycles. The largest absolute Gasteiger partial charge is 0.481 e. The van der Waals surface area contributed by atoms with Crippen LogP contribution in [0.5, 0.6) is 0 Å². The number of aliphatic carboxylic acids is 1. The zero-order chi connectivity index (χ0) is 13.1. The fourth-order valence-electron chi connectivity index (χ4n) is 2.53. The molecule has 2 amide bonds. The highest BCUT2D eigenvalue weighted by Gasteiger charge is 2.31. The van der Waals surface area contributed by atoms with Gasteiger partial charge < -0.3 is 20.1 Å². The van der Waals surface area contributed by atoms with E-state index in [1.165, 1.54) is 0 Å². The molecule has 2 rings (SSSR count). The molecule has 0 spiro atoms. The number of amides is 2. The molecule has 2 aliphatic heterocycles. The molecule has 6 nitrogen and oxygen atoms in total. The van der Waals surface area contributed by atoms with Gasteiger partial charge in [-0.1, -0.05) is 0 Å². The number of rotatable bonds is 2. The van der Waals surface area contributed by atoms with Crippen molar-refractivity contribution in [1.82, 2.24) is 10.2 Å². The van der Waals surface area contributed by atoms with E-state index >= 15 is 0 Å². The van der Waals surface area contributed by atoms with E-state index in [2.05, 4.69) is 5.32 Å². The first kappa shape index (κ1) is 13.1. The number of hydrogen-bond donors (Lipinski definition) is 2. The number of hydrogen-bond acceptors (Lipinski definition) is 3. The highest BCUT2D eigenvalue weighted by Crippen LogP contribution is 2.18. The quantitative estimate of drug-likeness (QED) is 0.761. The Bertz CT molecular complexity index is 334. The van der Waals surface area contributed by atoms with E-state index in [0.29, 0.717) is 26.1 Å². The lowest BCUT2D eigenvalue weighted by Gasteiger charge is -2.32. The molecule has 2 heterocycles. The Kier molecular flexibility index (Phi) is 4.06. The molecule has 0 saturated carbocycles. The predicted octanol–water partition coefficient (Wildman–Crippen LogP) is 0.670. The van der Waals surface area contributed by atoms with E-state index in [4.69, 9.17) is 9.84 Å². The number of urea groups is 1. The number of likely N-dealkylation sites (tertiary alicyclic amines) is 1. The second-order valence-corrected chi connectivity index (χ2v) is 5.04. The van der Waals surface area contributed by atoms with Gasteiger partial charge in [0.1, 0.15) is 0 Å². The monoisotopic (exact) mass is 256 g/mol. The van der Waals surface area contributed by atoms with E-state index in [1.54, 1.807) is 4.90 Å². The zero-order valence-electron chi connectivity index (χ0n) is 10.6. The standard InChI is InChI=1S/C12H20N2O4/c1-8-10(4-6-18-8)13-12(17)14-5-2-3-9(7-14)11(15)16/h8-10H,2-7H2,1H3,(H,13,17)(H,15,16)/t8-,9?,10-/m1/s1.